The summed E-state index contributed by atoms with van der Waals surface area (Å²) in [6, 6.07) is 1.11. The fourth-order valence-electron chi connectivity index (χ4n) is 2.59. The Kier molecular flexibility index (Phi) is 3.53. The third-order valence-corrected chi connectivity index (χ3v) is 4.35. The number of H-pyrrole nitrogens is 1. The molecule has 0 amide bonds. The van der Waals surface area contributed by atoms with E-state index in [1.807, 2.05) is 0 Å². The Labute approximate surface area is 123 Å². The lowest BCUT2D eigenvalue weighted by molar-refractivity contribution is -0.162. The van der Waals surface area contributed by atoms with Crippen LogP contribution in [-0.2, 0) is 10.4 Å². The minimum Gasteiger partial charge on any atom is -0.405 e. The second-order valence-electron chi connectivity index (χ2n) is 6.19. The van der Waals surface area contributed by atoms with Crippen molar-refractivity contribution in [1.29, 1.82) is 0 Å². The molecule has 0 spiro atoms. The number of rotatable bonds is 2. The van der Waals surface area contributed by atoms with Crippen LogP contribution in [0.15, 0.2) is 21.9 Å². The highest BCUT2D eigenvalue weighted by atomic mass is 16.6. The summed E-state index contributed by atoms with van der Waals surface area (Å²) in [5.74, 6) is 0. The molecule has 0 aromatic carbocycles. The number of aliphatic hydroxyl groups excluding tert-OH is 2. The van der Waals surface area contributed by atoms with Crippen LogP contribution < -0.4 is 11.2 Å². The molecule has 1 aromatic rings. The molecule has 1 aliphatic heterocycles. The zero-order chi connectivity index (χ0) is 16.2. The monoisotopic (exact) mass is 294 g/mol. The van der Waals surface area contributed by atoms with E-state index in [9.17, 15) is 24.9 Å². The highest BCUT2D eigenvalue weighted by molar-refractivity contribution is 6.40. The van der Waals surface area contributed by atoms with E-state index in [2.05, 4.69) is 4.98 Å². The van der Waals surface area contributed by atoms with Crippen LogP contribution in [0.4, 0.5) is 0 Å². The van der Waals surface area contributed by atoms with E-state index in [-0.39, 0.29) is 0 Å². The molecule has 1 saturated heterocycles. The van der Waals surface area contributed by atoms with E-state index in [1.54, 1.807) is 0 Å². The zero-order valence-corrected chi connectivity index (χ0v) is 12.3. The standard InChI is InChI=1S/C10H17B3N2O6/c1-8(10(12,13)20)5(17)6(18)9(11,21-8)15-3-2-4(16)14-7(15)19/h2-3,5-6,17-18,20H,11-13H2,1H3,(H,14,16,19)/t5-,6+,8-,9-/m0/s1. The van der Waals surface area contributed by atoms with E-state index >= 15 is 0 Å². The van der Waals surface area contributed by atoms with Crippen LogP contribution in [-0.4, -0.2) is 71.6 Å². The van der Waals surface area contributed by atoms with E-state index in [0.29, 0.717) is 0 Å². The molecule has 0 aliphatic carbocycles. The van der Waals surface area contributed by atoms with Crippen LogP contribution in [0.3, 0.4) is 0 Å². The van der Waals surface area contributed by atoms with Crippen LogP contribution in [0, 0.1) is 0 Å². The van der Waals surface area contributed by atoms with Gasteiger partial charge in [-0.1, -0.05) is 0 Å². The predicted octanol–water partition coefficient (Wildman–Crippen LogP) is -5.80. The summed E-state index contributed by atoms with van der Waals surface area (Å²) in [4.78, 5) is 25.1. The van der Waals surface area contributed by atoms with Crippen molar-refractivity contribution in [2.24, 2.45) is 0 Å². The quantitative estimate of drug-likeness (QED) is 0.403. The number of aliphatic hydroxyl groups is 3. The molecule has 112 valence electrons. The molecule has 0 bridgehead atoms. The lowest BCUT2D eigenvalue weighted by Gasteiger charge is -2.40. The first kappa shape index (κ1) is 16.1. The Balaban J connectivity index is 2.59. The highest BCUT2D eigenvalue weighted by Crippen LogP contribution is 2.42. The van der Waals surface area contributed by atoms with Crippen LogP contribution in [0.5, 0.6) is 0 Å². The minimum absolute atomic E-state index is 0.585. The third kappa shape index (κ3) is 2.20. The number of nitrogens with one attached hydrogen (secondary N) is 1. The molecule has 1 aromatic heterocycles. The van der Waals surface area contributed by atoms with E-state index in [4.69, 9.17) is 4.74 Å². The Morgan fingerprint density at radius 1 is 1.38 bits per heavy atom. The molecule has 1 aliphatic rings. The van der Waals surface area contributed by atoms with Gasteiger partial charge < -0.3 is 20.1 Å². The van der Waals surface area contributed by atoms with Crippen molar-refractivity contribution in [1.82, 2.24) is 9.55 Å². The van der Waals surface area contributed by atoms with Crippen molar-refractivity contribution in [2.45, 2.75) is 35.8 Å². The summed E-state index contributed by atoms with van der Waals surface area (Å²) in [5, 5.41) is 29.3. The number of hydrogen-bond acceptors (Lipinski definition) is 6. The maximum absolute atomic E-state index is 11.9. The molecule has 21 heavy (non-hydrogen) atoms. The molecule has 11 heteroatoms. The number of aromatic amines is 1. The lowest BCUT2D eigenvalue weighted by atomic mass is 9.55. The van der Waals surface area contributed by atoms with E-state index < -0.39 is 40.1 Å². The number of nitrogens with zero attached hydrogens (tertiary/aromatic N) is 1. The summed E-state index contributed by atoms with van der Waals surface area (Å²) in [6.45, 7) is 1.45. The second-order valence-corrected chi connectivity index (χ2v) is 6.19. The zero-order valence-electron chi connectivity index (χ0n) is 12.3. The van der Waals surface area contributed by atoms with Crippen LogP contribution in [0.25, 0.3) is 0 Å². The average molecular weight is 294 g/mol. The molecule has 0 saturated carbocycles. The van der Waals surface area contributed by atoms with Gasteiger partial charge in [-0.05, 0) is 6.92 Å². The average Bonchev–Trinajstić information content (AvgIpc) is 2.51. The van der Waals surface area contributed by atoms with Gasteiger partial charge in [0.15, 0.2) is 7.85 Å². The second kappa shape index (κ2) is 4.60. The molecular weight excluding hydrogens is 277 g/mol. The highest BCUT2D eigenvalue weighted by Gasteiger charge is 2.63. The largest absolute Gasteiger partial charge is 0.405 e. The molecule has 4 N–H and O–H groups in total. The summed E-state index contributed by atoms with van der Waals surface area (Å²) in [7, 11) is 4.27. The lowest BCUT2D eigenvalue weighted by Crippen LogP contribution is -2.60. The first-order chi connectivity index (χ1) is 9.43. The van der Waals surface area contributed by atoms with Crippen molar-refractivity contribution in [2.75, 3.05) is 0 Å². The number of aromatic nitrogens is 2. The maximum atomic E-state index is 11.9. The Morgan fingerprint density at radius 3 is 2.38 bits per heavy atom. The van der Waals surface area contributed by atoms with Gasteiger partial charge in [0.05, 0.1) is 0 Å². The Bertz CT molecular complexity index is 670. The van der Waals surface area contributed by atoms with Gasteiger partial charge in [0.1, 0.15) is 39.1 Å². The molecular formula is C10H17B3N2O6. The molecule has 2 rings (SSSR count). The summed E-state index contributed by atoms with van der Waals surface area (Å²) in [6.07, 6.45) is -1.73. The van der Waals surface area contributed by atoms with Crippen molar-refractivity contribution in [3.05, 3.63) is 33.1 Å². The van der Waals surface area contributed by atoms with Gasteiger partial charge in [-0.25, -0.2) is 4.79 Å². The van der Waals surface area contributed by atoms with Gasteiger partial charge in [0.25, 0.3) is 5.56 Å². The molecule has 1 fully saturated rings. The van der Waals surface area contributed by atoms with Crippen molar-refractivity contribution in [3.63, 3.8) is 0 Å². The van der Waals surface area contributed by atoms with Gasteiger partial charge in [-0.15, -0.1) is 0 Å². The van der Waals surface area contributed by atoms with Gasteiger partial charge in [-0.2, -0.15) is 0 Å². The maximum Gasteiger partial charge on any atom is 0.330 e. The van der Waals surface area contributed by atoms with Gasteiger partial charge in [0, 0.05) is 17.7 Å². The Hall–Kier alpha value is -1.29. The summed E-state index contributed by atoms with van der Waals surface area (Å²) >= 11 is 0. The minimum atomic E-state index is -1.63. The SMILES string of the molecule is BC(B)(O)[C@@]1(C)O[C@@](B)(n2ccc(=O)[nH]c2=O)[C@H](O)[C@@H]1O. The van der Waals surface area contributed by atoms with Gasteiger partial charge in [-0.3, -0.25) is 14.3 Å². The fraction of sp³-hybridized carbons (Fsp3) is 0.600. The van der Waals surface area contributed by atoms with Crippen LogP contribution in [0.2, 0.25) is 0 Å². The number of ether oxygens (including phenoxy) is 1. The van der Waals surface area contributed by atoms with Crippen molar-refractivity contribution < 1.29 is 20.1 Å². The first-order valence-corrected chi connectivity index (χ1v) is 6.54. The van der Waals surface area contributed by atoms with Gasteiger partial charge in [0.2, 0.25) is 0 Å². The van der Waals surface area contributed by atoms with Crippen LogP contribution >= 0.6 is 0 Å². The van der Waals surface area contributed by atoms with Crippen molar-refractivity contribution >= 4 is 23.5 Å². The normalized spacial score (nSPS) is 36.8. The van der Waals surface area contributed by atoms with Gasteiger partial charge >= 0.3 is 5.69 Å². The summed E-state index contributed by atoms with van der Waals surface area (Å²) in [5.41, 5.74) is -4.50. The predicted molar refractivity (Wildman–Crippen MR) is 81.4 cm³/mol. The molecule has 0 unspecified atom stereocenters. The topological polar surface area (TPSA) is 125 Å². The molecule has 8 nitrogen and oxygen atoms in total. The molecule has 0 radical (unpaired) electrons. The number of hydrogen-bond donors (Lipinski definition) is 4. The van der Waals surface area contributed by atoms with E-state index in [0.717, 1.165) is 10.6 Å². The van der Waals surface area contributed by atoms with Crippen molar-refractivity contribution in [3.8, 4) is 0 Å². The fourth-order valence-corrected chi connectivity index (χ4v) is 2.59. The smallest absolute Gasteiger partial charge is 0.330 e. The Morgan fingerprint density at radius 2 is 1.95 bits per heavy atom. The molecule has 4 atom stereocenters. The molecule has 2 heterocycles. The third-order valence-electron chi connectivity index (χ3n) is 4.35. The van der Waals surface area contributed by atoms with Crippen LogP contribution in [0.1, 0.15) is 6.92 Å². The summed E-state index contributed by atoms with van der Waals surface area (Å²) < 4.78 is 6.71. The van der Waals surface area contributed by atoms with E-state index in [1.165, 1.54) is 36.7 Å². The first-order valence-electron chi connectivity index (χ1n) is 6.54.